The molecule has 0 aliphatic carbocycles. The average Bonchev–Trinajstić information content (AvgIpc) is 2.28. The summed E-state index contributed by atoms with van der Waals surface area (Å²) in [6.45, 7) is 1.80. The largest absolute Gasteiger partial charge is 0.361 e. The van der Waals surface area contributed by atoms with Crippen LogP contribution in [0.5, 0.6) is 0 Å². The summed E-state index contributed by atoms with van der Waals surface area (Å²) in [5, 5.41) is 2.98. The Balaban J connectivity index is 3.16. The van der Waals surface area contributed by atoms with E-state index in [0.717, 1.165) is 6.26 Å². The lowest BCUT2D eigenvalue weighted by Crippen LogP contribution is -2.39. The Hall–Kier alpha value is -0.520. The van der Waals surface area contributed by atoms with E-state index in [2.05, 4.69) is 10.3 Å². The molecule has 0 atom stereocenters. The van der Waals surface area contributed by atoms with Crippen molar-refractivity contribution in [3.05, 3.63) is 18.3 Å². The van der Waals surface area contributed by atoms with E-state index in [0.29, 0.717) is 0 Å². The number of nitrogens with zero attached hydrogens (tertiary/aromatic N) is 1. The van der Waals surface area contributed by atoms with Crippen molar-refractivity contribution in [3.8, 4) is 0 Å². The van der Waals surface area contributed by atoms with Crippen molar-refractivity contribution in [1.82, 2.24) is 4.98 Å². The molecule has 96 valence electrons. The van der Waals surface area contributed by atoms with Crippen LogP contribution in [0.3, 0.4) is 0 Å². The van der Waals surface area contributed by atoms with E-state index in [4.69, 9.17) is 23.2 Å². The van der Waals surface area contributed by atoms with Crippen LogP contribution in [0, 0.1) is 0 Å². The summed E-state index contributed by atoms with van der Waals surface area (Å²) in [6.07, 6.45) is 2.65. The molecule has 0 fully saturated rings. The molecule has 0 spiro atoms. The topological polar surface area (TPSA) is 59.1 Å². The first-order valence-electron chi connectivity index (χ1n) is 4.87. The van der Waals surface area contributed by atoms with Gasteiger partial charge in [-0.15, -0.1) is 23.2 Å². The highest BCUT2D eigenvalue weighted by atomic mass is 35.5. The molecule has 0 aliphatic rings. The van der Waals surface area contributed by atoms with E-state index >= 15 is 0 Å². The third-order valence-electron chi connectivity index (χ3n) is 2.18. The van der Waals surface area contributed by atoms with E-state index in [1.807, 2.05) is 0 Å². The average molecular weight is 297 g/mol. The third kappa shape index (κ3) is 3.72. The first kappa shape index (κ1) is 14.5. The quantitative estimate of drug-likeness (QED) is 0.846. The van der Waals surface area contributed by atoms with Gasteiger partial charge in [0.1, 0.15) is 10.7 Å². The Bertz CT molecular complexity index is 487. The van der Waals surface area contributed by atoms with Crippen LogP contribution in [0.4, 0.5) is 5.82 Å². The van der Waals surface area contributed by atoms with Crippen LogP contribution in [0.1, 0.15) is 6.92 Å². The molecule has 0 unspecified atom stereocenters. The van der Waals surface area contributed by atoms with Crippen molar-refractivity contribution < 1.29 is 8.42 Å². The maximum atomic E-state index is 11.6. The SMILES string of the molecule is CC(CCl)(CCl)Nc1ncccc1S(C)(=O)=O. The number of hydrogen-bond acceptors (Lipinski definition) is 4. The highest BCUT2D eigenvalue weighted by Crippen LogP contribution is 2.23. The molecule has 1 rings (SSSR count). The summed E-state index contributed by atoms with van der Waals surface area (Å²) < 4.78 is 23.1. The maximum Gasteiger partial charge on any atom is 0.179 e. The fourth-order valence-corrected chi connectivity index (χ4v) is 2.37. The first-order valence-corrected chi connectivity index (χ1v) is 7.83. The van der Waals surface area contributed by atoms with Crippen LogP contribution in [-0.4, -0.2) is 37.0 Å². The first-order chi connectivity index (χ1) is 7.82. The van der Waals surface area contributed by atoms with Gasteiger partial charge >= 0.3 is 0 Å². The summed E-state index contributed by atoms with van der Waals surface area (Å²) in [4.78, 5) is 4.16. The van der Waals surface area contributed by atoms with Crippen LogP contribution in [0.2, 0.25) is 0 Å². The number of anilines is 1. The van der Waals surface area contributed by atoms with Crippen molar-refractivity contribution in [2.75, 3.05) is 23.3 Å². The molecule has 0 bridgehead atoms. The molecule has 0 saturated carbocycles. The number of alkyl halides is 2. The van der Waals surface area contributed by atoms with E-state index < -0.39 is 15.4 Å². The summed E-state index contributed by atoms with van der Waals surface area (Å²) in [5.74, 6) is 0.769. The van der Waals surface area contributed by atoms with Crippen molar-refractivity contribution in [2.45, 2.75) is 17.4 Å². The van der Waals surface area contributed by atoms with Gasteiger partial charge in [0.2, 0.25) is 0 Å². The third-order valence-corrected chi connectivity index (χ3v) is 4.49. The molecule has 17 heavy (non-hydrogen) atoms. The maximum absolute atomic E-state index is 11.6. The monoisotopic (exact) mass is 296 g/mol. The Morgan fingerprint density at radius 1 is 1.41 bits per heavy atom. The molecule has 1 aromatic heterocycles. The van der Waals surface area contributed by atoms with Crippen LogP contribution < -0.4 is 5.32 Å². The normalized spacial score (nSPS) is 12.5. The second-order valence-corrected chi connectivity index (χ2v) is 6.59. The fraction of sp³-hybridized carbons (Fsp3) is 0.500. The molecule has 1 heterocycles. The minimum atomic E-state index is -3.33. The number of aromatic nitrogens is 1. The smallest absolute Gasteiger partial charge is 0.179 e. The molecular weight excluding hydrogens is 283 g/mol. The molecule has 0 aromatic carbocycles. The van der Waals surface area contributed by atoms with Gasteiger partial charge in [-0.05, 0) is 19.1 Å². The van der Waals surface area contributed by atoms with E-state index in [1.165, 1.54) is 12.3 Å². The zero-order valence-electron chi connectivity index (χ0n) is 9.57. The highest BCUT2D eigenvalue weighted by molar-refractivity contribution is 7.90. The van der Waals surface area contributed by atoms with Gasteiger partial charge in [-0.1, -0.05) is 0 Å². The van der Waals surface area contributed by atoms with Gasteiger partial charge in [0.05, 0.1) is 5.54 Å². The van der Waals surface area contributed by atoms with Gasteiger partial charge in [0.25, 0.3) is 0 Å². The number of halogens is 2. The van der Waals surface area contributed by atoms with Crippen molar-refractivity contribution >= 4 is 38.9 Å². The van der Waals surface area contributed by atoms with Gasteiger partial charge in [-0.2, -0.15) is 0 Å². The van der Waals surface area contributed by atoms with Gasteiger partial charge in [-0.3, -0.25) is 0 Å². The predicted octanol–water partition coefficient (Wildman–Crippen LogP) is 2.13. The molecule has 1 N–H and O–H groups in total. The number of hydrogen-bond donors (Lipinski definition) is 1. The molecule has 0 aliphatic heterocycles. The Labute approximate surface area is 111 Å². The molecule has 7 heteroatoms. The predicted molar refractivity (Wildman–Crippen MR) is 70.8 cm³/mol. The fourth-order valence-electron chi connectivity index (χ4n) is 1.17. The second-order valence-electron chi connectivity index (χ2n) is 4.08. The highest BCUT2D eigenvalue weighted by Gasteiger charge is 2.25. The minimum Gasteiger partial charge on any atom is -0.361 e. The zero-order valence-corrected chi connectivity index (χ0v) is 11.9. The van der Waals surface area contributed by atoms with Gasteiger partial charge in [-0.25, -0.2) is 13.4 Å². The van der Waals surface area contributed by atoms with Crippen LogP contribution in [0.25, 0.3) is 0 Å². The summed E-state index contributed by atoms with van der Waals surface area (Å²) in [7, 11) is -3.33. The second kappa shape index (κ2) is 5.42. The van der Waals surface area contributed by atoms with E-state index in [1.54, 1.807) is 13.0 Å². The summed E-state index contributed by atoms with van der Waals surface area (Å²) in [6, 6.07) is 3.06. The molecule has 0 radical (unpaired) electrons. The molecule has 0 amide bonds. The van der Waals surface area contributed by atoms with Crippen molar-refractivity contribution in [2.24, 2.45) is 0 Å². The van der Waals surface area contributed by atoms with E-state index in [9.17, 15) is 8.42 Å². The summed E-state index contributed by atoms with van der Waals surface area (Å²) in [5.41, 5.74) is -0.600. The van der Waals surface area contributed by atoms with Gasteiger partial charge < -0.3 is 5.32 Å². The lowest BCUT2D eigenvalue weighted by molar-refractivity contribution is 0.600. The number of rotatable bonds is 5. The number of nitrogens with one attached hydrogen (secondary N) is 1. The number of pyridine rings is 1. The minimum absolute atomic E-state index is 0.140. The van der Waals surface area contributed by atoms with Gasteiger partial charge in [0.15, 0.2) is 9.84 Å². The molecular formula is C10H14Cl2N2O2S. The zero-order chi connectivity index (χ0) is 13.1. The molecule has 1 aromatic rings. The molecule has 0 saturated heterocycles. The molecule has 4 nitrogen and oxygen atoms in total. The van der Waals surface area contributed by atoms with E-state index in [-0.39, 0.29) is 22.5 Å². The van der Waals surface area contributed by atoms with Crippen molar-refractivity contribution in [1.29, 1.82) is 0 Å². The Morgan fingerprint density at radius 3 is 2.47 bits per heavy atom. The standard InChI is InChI=1S/C10H14Cl2N2O2S/c1-10(6-11,7-12)14-9-8(17(2,15)16)4-3-5-13-9/h3-5H,6-7H2,1-2H3,(H,13,14). The lowest BCUT2D eigenvalue weighted by atomic mass is 10.1. The van der Waals surface area contributed by atoms with Crippen LogP contribution in [-0.2, 0) is 9.84 Å². The van der Waals surface area contributed by atoms with Crippen molar-refractivity contribution in [3.63, 3.8) is 0 Å². The van der Waals surface area contributed by atoms with Gasteiger partial charge in [0, 0.05) is 24.2 Å². The Kier molecular flexibility index (Phi) is 4.63. The lowest BCUT2D eigenvalue weighted by Gasteiger charge is -2.27. The number of sulfone groups is 1. The van der Waals surface area contributed by atoms with Crippen LogP contribution in [0.15, 0.2) is 23.2 Å². The van der Waals surface area contributed by atoms with Crippen LogP contribution >= 0.6 is 23.2 Å². The Morgan fingerprint density at radius 2 is 2.00 bits per heavy atom. The summed E-state index contributed by atoms with van der Waals surface area (Å²) >= 11 is 11.6.